The Morgan fingerprint density at radius 2 is 1.83 bits per heavy atom. The lowest BCUT2D eigenvalue weighted by atomic mass is 10.0. The summed E-state index contributed by atoms with van der Waals surface area (Å²) in [5, 5.41) is 13.8. The van der Waals surface area contributed by atoms with Crippen molar-refractivity contribution >= 4 is 16.9 Å². The number of hydrogen-bond donors (Lipinski definition) is 0. The summed E-state index contributed by atoms with van der Waals surface area (Å²) < 4.78 is 5.28. The molecule has 0 saturated heterocycles. The average Bonchev–Trinajstić information content (AvgIpc) is 3.17. The summed E-state index contributed by atoms with van der Waals surface area (Å²) in [5.41, 5.74) is 4.66. The van der Waals surface area contributed by atoms with Gasteiger partial charge < -0.3 is 4.74 Å². The van der Waals surface area contributed by atoms with Gasteiger partial charge in [0.25, 0.3) is 0 Å². The third kappa shape index (κ3) is 3.59. The first kappa shape index (κ1) is 18.7. The molecule has 4 rings (SSSR count). The van der Waals surface area contributed by atoms with Gasteiger partial charge in [-0.25, -0.2) is 9.78 Å². The van der Waals surface area contributed by atoms with Gasteiger partial charge in [-0.15, -0.1) is 10.2 Å². The fourth-order valence-corrected chi connectivity index (χ4v) is 3.41. The second-order valence-electron chi connectivity index (χ2n) is 6.75. The minimum atomic E-state index is -0.391. The number of carbonyl (C=O) groups excluding carboxylic acids is 1. The van der Waals surface area contributed by atoms with Gasteiger partial charge in [0.15, 0.2) is 0 Å². The lowest BCUT2D eigenvalue weighted by Crippen LogP contribution is -2.16. The number of pyridine rings is 1. The van der Waals surface area contributed by atoms with Crippen LogP contribution in [0.5, 0.6) is 0 Å². The number of fused-ring (bicyclic) bond motifs is 1. The molecule has 7 nitrogen and oxygen atoms in total. The molecule has 146 valence electrons. The maximum Gasteiger partial charge on any atom is 0.340 e. The van der Waals surface area contributed by atoms with E-state index in [1.807, 2.05) is 62.4 Å². The van der Waals surface area contributed by atoms with E-state index < -0.39 is 5.97 Å². The summed E-state index contributed by atoms with van der Waals surface area (Å²) in [6.45, 7) is 6.22. The largest absolute Gasteiger partial charge is 0.462 e. The molecule has 29 heavy (non-hydrogen) atoms. The van der Waals surface area contributed by atoms with Crippen LogP contribution in [0.25, 0.3) is 22.3 Å². The summed E-state index contributed by atoms with van der Waals surface area (Å²) in [6.07, 6.45) is 0. The number of benzene rings is 2. The lowest BCUT2D eigenvalue weighted by Gasteiger charge is -2.13. The minimum Gasteiger partial charge on any atom is -0.462 e. The maximum absolute atomic E-state index is 12.7. The van der Waals surface area contributed by atoms with Crippen molar-refractivity contribution < 1.29 is 9.53 Å². The Morgan fingerprint density at radius 3 is 2.62 bits per heavy atom. The molecule has 7 heteroatoms. The van der Waals surface area contributed by atoms with Gasteiger partial charge in [0, 0.05) is 10.9 Å². The summed E-state index contributed by atoms with van der Waals surface area (Å²) in [6, 6.07) is 15.6. The van der Waals surface area contributed by atoms with Gasteiger partial charge in [0.05, 0.1) is 23.4 Å². The number of carbonyl (C=O) groups is 1. The predicted octanol–water partition coefficient (Wildman–Crippen LogP) is 3.73. The molecule has 2 aromatic carbocycles. The molecule has 0 radical (unpaired) electrons. The van der Waals surface area contributed by atoms with E-state index in [0.717, 1.165) is 27.6 Å². The molecule has 0 aliphatic heterocycles. The average molecular weight is 387 g/mol. The minimum absolute atomic E-state index is 0.221. The van der Waals surface area contributed by atoms with E-state index in [1.54, 1.807) is 6.92 Å². The standard InChI is InChI=1S/C22H21N5O2/c1-4-29-22(28)20-15(3)17-11-7-8-12-18(17)23-19(20)13-27-25-21(24-26-27)16-10-6-5-9-14(16)2/h5-12H,4,13H2,1-3H3. The Bertz CT molecular complexity index is 1200. The fourth-order valence-electron chi connectivity index (χ4n) is 3.41. The van der Waals surface area contributed by atoms with Crippen LogP contribution < -0.4 is 0 Å². The first-order valence-corrected chi connectivity index (χ1v) is 9.47. The number of ether oxygens (including phenoxy) is 1. The van der Waals surface area contributed by atoms with Crippen LogP contribution in [-0.2, 0) is 11.3 Å². The van der Waals surface area contributed by atoms with Crippen LogP contribution >= 0.6 is 0 Å². The molecular formula is C22H21N5O2. The van der Waals surface area contributed by atoms with Crippen LogP contribution in [0, 0.1) is 13.8 Å². The maximum atomic E-state index is 12.7. The molecule has 0 bridgehead atoms. The molecule has 0 amide bonds. The summed E-state index contributed by atoms with van der Waals surface area (Å²) in [5.74, 6) is 0.149. The fraction of sp³-hybridized carbons (Fsp3) is 0.227. The molecule has 2 heterocycles. The van der Waals surface area contributed by atoms with Gasteiger partial charge in [-0.2, -0.15) is 4.80 Å². The molecule has 0 aliphatic rings. The normalized spacial score (nSPS) is 11.0. The molecular weight excluding hydrogens is 366 g/mol. The predicted molar refractivity (Wildman–Crippen MR) is 110 cm³/mol. The number of esters is 1. The second kappa shape index (κ2) is 7.79. The molecule has 0 atom stereocenters. The number of aromatic nitrogens is 5. The Hall–Kier alpha value is -3.61. The molecule has 0 aliphatic carbocycles. The molecule has 0 spiro atoms. The van der Waals surface area contributed by atoms with Crippen molar-refractivity contribution in [2.75, 3.05) is 6.61 Å². The van der Waals surface area contributed by atoms with E-state index in [9.17, 15) is 4.79 Å². The third-order valence-electron chi connectivity index (χ3n) is 4.84. The Kier molecular flexibility index (Phi) is 5.03. The van der Waals surface area contributed by atoms with E-state index in [1.165, 1.54) is 4.80 Å². The van der Waals surface area contributed by atoms with Gasteiger partial charge in [0.2, 0.25) is 5.82 Å². The highest BCUT2D eigenvalue weighted by Gasteiger charge is 2.21. The van der Waals surface area contributed by atoms with Crippen molar-refractivity contribution in [3.63, 3.8) is 0 Å². The van der Waals surface area contributed by atoms with Crippen molar-refractivity contribution in [1.82, 2.24) is 25.2 Å². The highest BCUT2D eigenvalue weighted by atomic mass is 16.5. The van der Waals surface area contributed by atoms with E-state index >= 15 is 0 Å². The van der Waals surface area contributed by atoms with Gasteiger partial charge in [-0.3, -0.25) is 0 Å². The van der Waals surface area contributed by atoms with Crippen LogP contribution in [-0.4, -0.2) is 37.8 Å². The highest BCUT2D eigenvalue weighted by molar-refractivity contribution is 5.98. The summed E-state index contributed by atoms with van der Waals surface area (Å²) in [4.78, 5) is 18.8. The Morgan fingerprint density at radius 1 is 1.07 bits per heavy atom. The topological polar surface area (TPSA) is 82.8 Å². The number of rotatable bonds is 5. The van der Waals surface area contributed by atoms with E-state index in [0.29, 0.717) is 23.7 Å². The van der Waals surface area contributed by atoms with Gasteiger partial charge in [-0.1, -0.05) is 42.5 Å². The molecule has 0 N–H and O–H groups in total. The van der Waals surface area contributed by atoms with Gasteiger partial charge in [-0.05, 0) is 43.2 Å². The Labute approximate surface area is 168 Å². The number of aryl methyl sites for hydroxylation is 2. The zero-order valence-electron chi connectivity index (χ0n) is 16.6. The van der Waals surface area contributed by atoms with Crippen LogP contribution in [0.4, 0.5) is 0 Å². The molecule has 2 aromatic heterocycles. The van der Waals surface area contributed by atoms with E-state index in [4.69, 9.17) is 9.72 Å². The van der Waals surface area contributed by atoms with Crippen molar-refractivity contribution in [3.05, 3.63) is 70.9 Å². The first-order chi connectivity index (χ1) is 14.1. The van der Waals surface area contributed by atoms with Crippen LogP contribution in [0.2, 0.25) is 0 Å². The monoisotopic (exact) mass is 387 g/mol. The van der Waals surface area contributed by atoms with E-state index in [2.05, 4.69) is 15.4 Å². The second-order valence-corrected chi connectivity index (χ2v) is 6.75. The van der Waals surface area contributed by atoms with Crippen LogP contribution in [0.3, 0.4) is 0 Å². The van der Waals surface area contributed by atoms with E-state index in [-0.39, 0.29) is 6.54 Å². The first-order valence-electron chi connectivity index (χ1n) is 9.47. The molecule has 0 fully saturated rings. The van der Waals surface area contributed by atoms with Crippen molar-refractivity contribution in [2.24, 2.45) is 0 Å². The summed E-state index contributed by atoms with van der Waals surface area (Å²) >= 11 is 0. The number of hydrogen-bond acceptors (Lipinski definition) is 6. The highest BCUT2D eigenvalue weighted by Crippen LogP contribution is 2.24. The quantitative estimate of drug-likeness (QED) is 0.485. The van der Waals surface area contributed by atoms with Crippen LogP contribution in [0.15, 0.2) is 48.5 Å². The number of tetrazole rings is 1. The van der Waals surface area contributed by atoms with Crippen LogP contribution in [0.1, 0.15) is 34.1 Å². The molecule has 0 unspecified atom stereocenters. The van der Waals surface area contributed by atoms with Crippen molar-refractivity contribution in [2.45, 2.75) is 27.3 Å². The SMILES string of the molecule is CCOC(=O)c1c(Cn2nnc(-c3ccccc3C)n2)nc2ccccc2c1C. The molecule has 4 aromatic rings. The molecule has 0 saturated carbocycles. The number of nitrogens with zero attached hydrogens (tertiary/aromatic N) is 5. The van der Waals surface area contributed by atoms with Crippen molar-refractivity contribution in [3.8, 4) is 11.4 Å². The third-order valence-corrected chi connectivity index (χ3v) is 4.84. The van der Waals surface area contributed by atoms with Crippen molar-refractivity contribution in [1.29, 1.82) is 0 Å². The van der Waals surface area contributed by atoms with Gasteiger partial charge >= 0.3 is 5.97 Å². The summed E-state index contributed by atoms with van der Waals surface area (Å²) in [7, 11) is 0. The Balaban J connectivity index is 1.77. The smallest absolute Gasteiger partial charge is 0.340 e. The van der Waals surface area contributed by atoms with Gasteiger partial charge in [0.1, 0.15) is 6.54 Å². The zero-order valence-corrected chi connectivity index (χ0v) is 16.6. The lowest BCUT2D eigenvalue weighted by molar-refractivity contribution is 0.0523. The number of para-hydroxylation sites is 1. The zero-order chi connectivity index (χ0) is 20.4.